The molecule has 1 aromatic carbocycles. The number of benzene rings is 1. The van der Waals surface area contributed by atoms with Crippen LogP contribution in [0.5, 0.6) is 0 Å². The molecule has 2 unspecified atom stereocenters. The third kappa shape index (κ3) is 6.23. The molecule has 1 aromatic heterocycles. The van der Waals surface area contributed by atoms with Gasteiger partial charge in [0.25, 0.3) is 5.91 Å². The number of nitrogens with one attached hydrogen (secondary N) is 1. The highest BCUT2D eigenvalue weighted by atomic mass is 35.5. The zero-order valence-corrected chi connectivity index (χ0v) is 17.1. The van der Waals surface area contributed by atoms with Gasteiger partial charge in [-0.25, -0.2) is 0 Å². The van der Waals surface area contributed by atoms with Crippen molar-refractivity contribution in [2.45, 2.75) is 39.1 Å². The first-order valence-corrected chi connectivity index (χ1v) is 8.59. The fourth-order valence-corrected chi connectivity index (χ4v) is 3.24. The largest absolute Gasteiger partial charge is 0.467 e. The van der Waals surface area contributed by atoms with Gasteiger partial charge in [-0.1, -0.05) is 18.2 Å². The predicted molar refractivity (Wildman–Crippen MR) is 111 cm³/mol. The van der Waals surface area contributed by atoms with Gasteiger partial charge in [0, 0.05) is 25.3 Å². The molecule has 3 rings (SSSR count). The van der Waals surface area contributed by atoms with E-state index in [9.17, 15) is 4.79 Å². The van der Waals surface area contributed by atoms with E-state index in [1.54, 1.807) is 6.07 Å². The third-order valence-electron chi connectivity index (χ3n) is 4.27. The fraction of sp³-hybridized carbons (Fsp3) is 0.421. The number of nitrogens with two attached hydrogens (primary N) is 1. The minimum atomic E-state index is -0.195. The molecule has 1 aliphatic rings. The maximum absolute atomic E-state index is 12.4. The lowest BCUT2D eigenvalue weighted by Crippen LogP contribution is -2.44. The number of carbonyl (C=O) groups is 1. The van der Waals surface area contributed by atoms with Gasteiger partial charge in [-0.2, -0.15) is 0 Å². The summed E-state index contributed by atoms with van der Waals surface area (Å²) in [5, 5.41) is 2.98. The molecule has 2 atom stereocenters. The quantitative estimate of drug-likeness (QED) is 0.781. The first kappa shape index (κ1) is 23.5. The molecule has 2 aromatic rings. The van der Waals surface area contributed by atoms with E-state index in [1.165, 1.54) is 6.26 Å². The van der Waals surface area contributed by atoms with Crippen molar-refractivity contribution in [2.24, 2.45) is 5.73 Å². The van der Waals surface area contributed by atoms with Crippen LogP contribution in [0.1, 0.15) is 35.5 Å². The molecule has 150 valence electrons. The number of furan rings is 1. The molecule has 6 nitrogen and oxygen atoms in total. The molecule has 0 spiro atoms. The van der Waals surface area contributed by atoms with Crippen molar-refractivity contribution in [3.63, 3.8) is 0 Å². The minimum Gasteiger partial charge on any atom is -0.467 e. The topological polar surface area (TPSA) is 80.7 Å². The van der Waals surface area contributed by atoms with E-state index < -0.39 is 0 Å². The summed E-state index contributed by atoms with van der Waals surface area (Å²) in [6.07, 6.45) is 1.86. The smallest absolute Gasteiger partial charge is 0.258 e. The van der Waals surface area contributed by atoms with Crippen molar-refractivity contribution in [1.82, 2.24) is 4.90 Å². The summed E-state index contributed by atoms with van der Waals surface area (Å²) in [7, 11) is 0. The van der Waals surface area contributed by atoms with E-state index in [0.29, 0.717) is 11.3 Å². The number of nitrogens with zero attached hydrogens (tertiary/aromatic N) is 1. The molecule has 1 saturated heterocycles. The van der Waals surface area contributed by atoms with Crippen LogP contribution in [0.4, 0.5) is 5.69 Å². The van der Waals surface area contributed by atoms with Crippen molar-refractivity contribution in [2.75, 3.05) is 18.4 Å². The van der Waals surface area contributed by atoms with Crippen molar-refractivity contribution >= 4 is 36.4 Å². The Kier molecular flexibility index (Phi) is 9.29. The summed E-state index contributed by atoms with van der Waals surface area (Å²) in [6.45, 7) is 6.99. The van der Waals surface area contributed by atoms with Gasteiger partial charge in [-0.15, -0.1) is 24.8 Å². The van der Waals surface area contributed by atoms with Crippen LogP contribution in [0.25, 0.3) is 0 Å². The number of rotatable bonds is 5. The summed E-state index contributed by atoms with van der Waals surface area (Å²) in [5.41, 5.74) is 7.90. The van der Waals surface area contributed by atoms with E-state index in [4.69, 9.17) is 14.9 Å². The van der Waals surface area contributed by atoms with Crippen LogP contribution in [0, 0.1) is 0 Å². The van der Waals surface area contributed by atoms with Gasteiger partial charge < -0.3 is 20.2 Å². The summed E-state index contributed by atoms with van der Waals surface area (Å²) in [5.74, 6) is 0.398. The first-order chi connectivity index (χ1) is 12.0. The van der Waals surface area contributed by atoms with Crippen LogP contribution < -0.4 is 11.1 Å². The van der Waals surface area contributed by atoms with Gasteiger partial charge in [0.2, 0.25) is 0 Å². The number of amides is 1. The van der Waals surface area contributed by atoms with Gasteiger partial charge >= 0.3 is 0 Å². The Bertz CT molecular complexity index is 728. The van der Waals surface area contributed by atoms with Gasteiger partial charge in [-0.3, -0.25) is 9.69 Å². The van der Waals surface area contributed by atoms with E-state index >= 15 is 0 Å². The van der Waals surface area contributed by atoms with Crippen molar-refractivity contribution in [3.8, 4) is 0 Å². The van der Waals surface area contributed by atoms with Crippen molar-refractivity contribution in [1.29, 1.82) is 0 Å². The number of para-hydroxylation sites is 1. The number of ether oxygens (including phenoxy) is 1. The molecule has 0 aliphatic carbocycles. The molecule has 8 heteroatoms. The molecular weight excluding hydrogens is 389 g/mol. The maximum Gasteiger partial charge on any atom is 0.258 e. The zero-order chi connectivity index (χ0) is 17.8. The molecule has 3 N–H and O–H groups in total. The Morgan fingerprint density at radius 1 is 1.22 bits per heavy atom. The van der Waals surface area contributed by atoms with Gasteiger partial charge in [0.15, 0.2) is 0 Å². The molecule has 0 bridgehead atoms. The number of carbonyl (C=O) groups excluding carboxylic acids is 1. The number of hydrogen-bond acceptors (Lipinski definition) is 5. The zero-order valence-electron chi connectivity index (χ0n) is 15.5. The number of hydrogen-bond donors (Lipinski definition) is 2. The van der Waals surface area contributed by atoms with Crippen LogP contribution in [-0.2, 0) is 17.8 Å². The predicted octanol–water partition coefficient (Wildman–Crippen LogP) is 3.44. The maximum atomic E-state index is 12.4. The van der Waals surface area contributed by atoms with Gasteiger partial charge in [-0.05, 0) is 31.5 Å². The van der Waals surface area contributed by atoms with E-state index in [2.05, 4.69) is 24.1 Å². The second-order valence-corrected chi connectivity index (χ2v) is 6.57. The first-order valence-electron chi connectivity index (χ1n) is 8.59. The lowest BCUT2D eigenvalue weighted by atomic mass is 10.1. The molecule has 27 heavy (non-hydrogen) atoms. The summed E-state index contributed by atoms with van der Waals surface area (Å²) in [6, 6.07) is 9.54. The number of halogens is 2. The Morgan fingerprint density at radius 3 is 2.52 bits per heavy atom. The SMILES string of the molecule is CC1CN(Cc2ccccc2NC(=O)c2coc(CN)c2)CC(C)O1.Cl.Cl. The number of morpholine rings is 1. The standard InChI is InChI=1S/C19H25N3O3.2ClH/c1-13-9-22(10-14(2)25-13)11-15-5-3-4-6-18(15)21-19(23)16-7-17(8-20)24-12-16;;/h3-7,12-14H,8-11,20H2,1-2H3,(H,21,23);2*1H. The van der Waals surface area contributed by atoms with Crippen LogP contribution in [0.3, 0.4) is 0 Å². The van der Waals surface area contributed by atoms with E-state index in [0.717, 1.165) is 30.9 Å². The molecule has 1 amide bonds. The Hall–Kier alpha value is -1.57. The second-order valence-electron chi connectivity index (χ2n) is 6.57. The van der Waals surface area contributed by atoms with Gasteiger partial charge in [0.1, 0.15) is 12.0 Å². The molecule has 0 radical (unpaired) electrons. The van der Waals surface area contributed by atoms with Crippen molar-refractivity contribution in [3.05, 3.63) is 53.5 Å². The Morgan fingerprint density at radius 2 is 1.89 bits per heavy atom. The highest BCUT2D eigenvalue weighted by Gasteiger charge is 2.23. The van der Waals surface area contributed by atoms with Crippen molar-refractivity contribution < 1.29 is 13.9 Å². The molecule has 0 saturated carbocycles. The molecular formula is C19H27Cl2N3O3. The lowest BCUT2D eigenvalue weighted by Gasteiger charge is -2.35. The molecule has 1 aliphatic heterocycles. The Balaban J connectivity index is 0.00000182. The lowest BCUT2D eigenvalue weighted by molar-refractivity contribution is -0.0704. The number of anilines is 1. The van der Waals surface area contributed by atoms with E-state index in [-0.39, 0.29) is 49.5 Å². The third-order valence-corrected chi connectivity index (χ3v) is 4.27. The fourth-order valence-electron chi connectivity index (χ4n) is 3.24. The average molecular weight is 416 g/mol. The highest BCUT2D eigenvalue weighted by Crippen LogP contribution is 2.21. The van der Waals surface area contributed by atoms with Crippen LogP contribution in [0.2, 0.25) is 0 Å². The normalized spacial score (nSPS) is 19.7. The summed E-state index contributed by atoms with van der Waals surface area (Å²) in [4.78, 5) is 14.8. The monoisotopic (exact) mass is 415 g/mol. The minimum absolute atomic E-state index is 0. The molecule has 1 fully saturated rings. The molecule has 2 heterocycles. The highest BCUT2D eigenvalue weighted by molar-refractivity contribution is 6.04. The van der Waals surface area contributed by atoms with Crippen LogP contribution >= 0.6 is 24.8 Å². The van der Waals surface area contributed by atoms with Gasteiger partial charge in [0.05, 0.1) is 24.3 Å². The summed E-state index contributed by atoms with van der Waals surface area (Å²) < 4.78 is 11.0. The van der Waals surface area contributed by atoms with Crippen LogP contribution in [-0.4, -0.2) is 36.1 Å². The van der Waals surface area contributed by atoms with E-state index in [1.807, 2.05) is 24.3 Å². The summed E-state index contributed by atoms with van der Waals surface area (Å²) >= 11 is 0. The average Bonchev–Trinajstić information content (AvgIpc) is 3.05. The Labute approximate surface area is 172 Å². The van der Waals surface area contributed by atoms with Crippen LogP contribution in [0.15, 0.2) is 41.0 Å². The second kappa shape index (κ2) is 10.7.